The minimum absolute atomic E-state index is 0.527. The summed E-state index contributed by atoms with van der Waals surface area (Å²) in [4.78, 5) is 4.58. The Kier molecular flexibility index (Phi) is 4.70. The molecule has 4 rings (SSSR count). The van der Waals surface area contributed by atoms with Gasteiger partial charge in [0, 0.05) is 16.5 Å². The number of hydrogen-bond acceptors (Lipinski definition) is 7. The lowest BCUT2D eigenvalue weighted by atomic mass is 10.0. The number of aliphatic hydroxyl groups excluding tert-OH is 1. The number of fused-ring (bicyclic) bond motifs is 1. The van der Waals surface area contributed by atoms with Crippen molar-refractivity contribution in [1.82, 2.24) is 4.98 Å². The molecule has 2 N–H and O–H groups in total. The Balaban J connectivity index is 1.64. The quantitative estimate of drug-likeness (QED) is 0.690. The largest absolute Gasteiger partial charge is 0.495 e. The highest BCUT2D eigenvalue weighted by molar-refractivity contribution is 7.13. The molecule has 2 heterocycles. The molecule has 0 amide bonds. The van der Waals surface area contributed by atoms with Gasteiger partial charge in [0.15, 0.2) is 16.6 Å². The van der Waals surface area contributed by atoms with E-state index in [1.54, 1.807) is 20.3 Å². The first-order valence-corrected chi connectivity index (χ1v) is 9.17. The molecular weight excluding hydrogens is 364 g/mol. The predicted molar refractivity (Wildman–Crippen MR) is 106 cm³/mol. The van der Waals surface area contributed by atoms with E-state index in [9.17, 15) is 5.11 Å². The van der Waals surface area contributed by atoms with Crippen LogP contribution in [0.2, 0.25) is 0 Å². The first kappa shape index (κ1) is 17.4. The highest BCUT2D eigenvalue weighted by atomic mass is 32.1. The maximum absolute atomic E-state index is 10.4. The van der Waals surface area contributed by atoms with Gasteiger partial charge in [0.2, 0.25) is 6.29 Å². The Morgan fingerprint density at radius 2 is 1.85 bits per heavy atom. The molecule has 0 aliphatic carbocycles. The van der Waals surface area contributed by atoms with Crippen molar-refractivity contribution in [2.45, 2.75) is 6.29 Å². The third-order valence-corrected chi connectivity index (χ3v) is 4.94. The maximum atomic E-state index is 10.4. The Hall–Kier alpha value is -3.03. The van der Waals surface area contributed by atoms with E-state index in [0.717, 1.165) is 17.0 Å². The minimum atomic E-state index is -1.12. The van der Waals surface area contributed by atoms with Crippen LogP contribution in [-0.4, -0.2) is 30.6 Å². The van der Waals surface area contributed by atoms with Crippen LogP contribution in [0.1, 0.15) is 11.3 Å². The third kappa shape index (κ3) is 3.34. The lowest BCUT2D eigenvalue weighted by Crippen LogP contribution is -2.21. The van der Waals surface area contributed by atoms with Gasteiger partial charge in [0.25, 0.3) is 0 Å². The molecule has 1 atom stereocenters. The van der Waals surface area contributed by atoms with E-state index in [1.165, 1.54) is 11.3 Å². The number of methoxy groups -OCH3 is 2. The van der Waals surface area contributed by atoms with Crippen LogP contribution in [0.3, 0.4) is 0 Å². The lowest BCUT2D eigenvalue weighted by Gasteiger charge is -2.23. The first-order valence-electron chi connectivity index (χ1n) is 8.29. The second kappa shape index (κ2) is 7.30. The van der Waals surface area contributed by atoms with Crippen LogP contribution in [0.4, 0.5) is 10.8 Å². The molecule has 1 aromatic heterocycles. The Morgan fingerprint density at radius 3 is 2.67 bits per heavy atom. The number of anilines is 2. The normalized spacial score (nSPS) is 15.4. The Labute approximate surface area is 160 Å². The number of rotatable bonds is 5. The smallest absolute Gasteiger partial charge is 0.226 e. The number of para-hydroxylation sites is 3. The van der Waals surface area contributed by atoms with Crippen LogP contribution in [0.25, 0.3) is 11.6 Å². The number of nitrogens with zero attached hydrogens (tertiary/aromatic N) is 1. The van der Waals surface area contributed by atoms with Crippen LogP contribution in [0, 0.1) is 0 Å². The molecule has 0 fully saturated rings. The molecule has 27 heavy (non-hydrogen) atoms. The molecule has 1 aliphatic heterocycles. The Bertz CT molecular complexity index is 999. The van der Waals surface area contributed by atoms with E-state index in [-0.39, 0.29) is 0 Å². The van der Waals surface area contributed by atoms with Crippen molar-refractivity contribution < 1.29 is 19.3 Å². The summed E-state index contributed by atoms with van der Waals surface area (Å²) < 4.78 is 16.3. The van der Waals surface area contributed by atoms with Crippen LogP contribution in [0.5, 0.6) is 17.2 Å². The lowest BCUT2D eigenvalue weighted by molar-refractivity contribution is 0.0296. The van der Waals surface area contributed by atoms with E-state index < -0.39 is 6.29 Å². The summed E-state index contributed by atoms with van der Waals surface area (Å²) in [6, 6.07) is 13.2. The molecule has 0 bridgehead atoms. The van der Waals surface area contributed by atoms with Gasteiger partial charge in [0.05, 0.1) is 25.6 Å². The molecule has 3 aromatic rings. The van der Waals surface area contributed by atoms with E-state index in [2.05, 4.69) is 10.3 Å². The summed E-state index contributed by atoms with van der Waals surface area (Å²) in [5.74, 6) is 1.84. The van der Waals surface area contributed by atoms with Crippen LogP contribution < -0.4 is 19.5 Å². The zero-order chi connectivity index (χ0) is 18.8. The maximum Gasteiger partial charge on any atom is 0.226 e. The van der Waals surface area contributed by atoms with Crippen molar-refractivity contribution in [3.05, 3.63) is 59.1 Å². The second-order valence-electron chi connectivity index (χ2n) is 5.81. The standard InChI is InChI=1S/C20H18N2O4S/c1-24-16-8-4-3-7-14(16)21-20-22-15(11-27-20)13-10-12-6-5-9-17(25-2)18(12)26-19(13)23/h3-11,19,23H,1-2H3,(H,21,22). The summed E-state index contributed by atoms with van der Waals surface area (Å²) in [6.07, 6.45) is 0.753. The molecule has 138 valence electrons. The van der Waals surface area contributed by atoms with Gasteiger partial charge >= 0.3 is 0 Å². The third-order valence-electron chi connectivity index (χ3n) is 4.18. The summed E-state index contributed by atoms with van der Waals surface area (Å²) in [5, 5.41) is 16.3. The number of ether oxygens (including phenoxy) is 3. The molecule has 0 saturated carbocycles. The second-order valence-corrected chi connectivity index (χ2v) is 6.67. The molecule has 1 unspecified atom stereocenters. The monoisotopic (exact) mass is 382 g/mol. The number of aliphatic hydroxyl groups is 1. The molecule has 0 saturated heterocycles. The van der Waals surface area contributed by atoms with Gasteiger partial charge in [-0.25, -0.2) is 4.98 Å². The SMILES string of the molecule is COc1ccccc1Nc1nc(C2=Cc3cccc(OC)c3OC2O)cs1. The molecule has 2 aromatic carbocycles. The highest BCUT2D eigenvalue weighted by Gasteiger charge is 2.26. The minimum Gasteiger partial charge on any atom is -0.495 e. The van der Waals surface area contributed by atoms with Gasteiger partial charge in [0.1, 0.15) is 5.75 Å². The average Bonchev–Trinajstić information content (AvgIpc) is 3.15. The average molecular weight is 382 g/mol. The van der Waals surface area contributed by atoms with Gasteiger partial charge < -0.3 is 24.6 Å². The van der Waals surface area contributed by atoms with Crippen molar-refractivity contribution in [3.8, 4) is 17.2 Å². The van der Waals surface area contributed by atoms with E-state index >= 15 is 0 Å². The summed E-state index contributed by atoms with van der Waals surface area (Å²) in [6.45, 7) is 0. The van der Waals surface area contributed by atoms with Crippen molar-refractivity contribution in [1.29, 1.82) is 0 Å². The van der Waals surface area contributed by atoms with Crippen molar-refractivity contribution in [2.24, 2.45) is 0 Å². The fraction of sp³-hybridized carbons (Fsp3) is 0.150. The van der Waals surface area contributed by atoms with Crippen LogP contribution in [0.15, 0.2) is 47.8 Å². The molecular formula is C20H18N2O4S. The number of nitrogens with one attached hydrogen (secondary N) is 1. The van der Waals surface area contributed by atoms with E-state index in [4.69, 9.17) is 14.2 Å². The number of aromatic nitrogens is 1. The Morgan fingerprint density at radius 1 is 1.07 bits per heavy atom. The first-order chi connectivity index (χ1) is 13.2. The van der Waals surface area contributed by atoms with E-state index in [1.807, 2.05) is 47.9 Å². The van der Waals surface area contributed by atoms with Crippen molar-refractivity contribution >= 4 is 33.8 Å². The van der Waals surface area contributed by atoms with Gasteiger partial charge in [-0.1, -0.05) is 24.3 Å². The van der Waals surface area contributed by atoms with Gasteiger partial charge in [-0.3, -0.25) is 0 Å². The zero-order valence-electron chi connectivity index (χ0n) is 14.8. The summed E-state index contributed by atoms with van der Waals surface area (Å²) in [5.41, 5.74) is 2.91. The zero-order valence-corrected chi connectivity index (χ0v) is 15.6. The fourth-order valence-electron chi connectivity index (χ4n) is 2.87. The molecule has 0 spiro atoms. The van der Waals surface area contributed by atoms with E-state index in [0.29, 0.717) is 27.9 Å². The topological polar surface area (TPSA) is 72.8 Å². The van der Waals surface area contributed by atoms with Crippen LogP contribution in [-0.2, 0) is 0 Å². The molecule has 1 aliphatic rings. The predicted octanol–water partition coefficient (Wildman–Crippen LogP) is 4.16. The van der Waals surface area contributed by atoms with Crippen LogP contribution >= 0.6 is 11.3 Å². The fourth-order valence-corrected chi connectivity index (χ4v) is 3.61. The number of thiazole rings is 1. The highest BCUT2D eigenvalue weighted by Crippen LogP contribution is 2.40. The van der Waals surface area contributed by atoms with Gasteiger partial charge in [-0.2, -0.15) is 0 Å². The van der Waals surface area contributed by atoms with Crippen molar-refractivity contribution in [3.63, 3.8) is 0 Å². The molecule has 6 nitrogen and oxygen atoms in total. The number of hydrogen-bond donors (Lipinski definition) is 2. The molecule has 0 radical (unpaired) electrons. The molecule has 7 heteroatoms. The van der Waals surface area contributed by atoms with Gasteiger partial charge in [-0.15, -0.1) is 11.3 Å². The summed E-state index contributed by atoms with van der Waals surface area (Å²) >= 11 is 1.44. The van der Waals surface area contributed by atoms with Crippen molar-refractivity contribution in [2.75, 3.05) is 19.5 Å². The summed E-state index contributed by atoms with van der Waals surface area (Å²) in [7, 11) is 3.20. The van der Waals surface area contributed by atoms with Gasteiger partial charge in [-0.05, 0) is 24.3 Å². The number of benzene rings is 2.